The molecule has 1 unspecified atom stereocenters. The Bertz CT molecular complexity index is 738. The van der Waals surface area contributed by atoms with Crippen molar-refractivity contribution in [3.05, 3.63) is 28.2 Å². The normalized spacial score (nSPS) is 15.9. The molecular formula is C17H26BrN3O4S. The number of methoxy groups -OCH3 is 1. The summed E-state index contributed by atoms with van der Waals surface area (Å²) in [5, 5.41) is 2.89. The number of rotatable bonds is 10. The Morgan fingerprint density at radius 3 is 2.73 bits per heavy atom. The molecule has 1 aromatic rings. The Kier molecular flexibility index (Phi) is 7.60. The van der Waals surface area contributed by atoms with Crippen LogP contribution in [0.1, 0.15) is 30.1 Å². The number of sulfonamides is 1. The summed E-state index contributed by atoms with van der Waals surface area (Å²) in [5.41, 5.74) is 0.292. The molecule has 0 aliphatic heterocycles. The van der Waals surface area contributed by atoms with Crippen LogP contribution in [-0.4, -0.2) is 65.2 Å². The monoisotopic (exact) mass is 447 g/mol. The molecule has 2 N–H and O–H groups in total. The van der Waals surface area contributed by atoms with Crippen molar-refractivity contribution in [2.24, 2.45) is 0 Å². The van der Waals surface area contributed by atoms with Crippen molar-refractivity contribution in [1.82, 2.24) is 14.9 Å². The van der Waals surface area contributed by atoms with Gasteiger partial charge in [0.25, 0.3) is 5.91 Å². The van der Waals surface area contributed by atoms with E-state index < -0.39 is 10.0 Å². The van der Waals surface area contributed by atoms with Crippen LogP contribution in [0.4, 0.5) is 0 Å². The van der Waals surface area contributed by atoms with Gasteiger partial charge in [0.2, 0.25) is 10.0 Å². The molecular weight excluding hydrogens is 422 g/mol. The van der Waals surface area contributed by atoms with Crippen LogP contribution in [0.5, 0.6) is 0 Å². The number of carbonyl (C=O) groups excluding carboxylic acids is 1. The average molecular weight is 448 g/mol. The quantitative estimate of drug-likeness (QED) is 0.531. The molecule has 1 aromatic carbocycles. The van der Waals surface area contributed by atoms with Gasteiger partial charge in [0.15, 0.2) is 0 Å². The molecule has 2 rings (SSSR count). The Morgan fingerprint density at radius 2 is 2.12 bits per heavy atom. The van der Waals surface area contributed by atoms with E-state index in [0.717, 1.165) is 0 Å². The first-order chi connectivity index (χ1) is 12.3. The molecule has 26 heavy (non-hydrogen) atoms. The third kappa shape index (κ3) is 5.75. The maximum atomic E-state index is 12.5. The van der Waals surface area contributed by atoms with Crippen molar-refractivity contribution >= 4 is 31.9 Å². The Balaban J connectivity index is 2.04. The van der Waals surface area contributed by atoms with Crippen LogP contribution in [-0.2, 0) is 14.8 Å². The lowest BCUT2D eigenvalue weighted by atomic mass is 10.2. The van der Waals surface area contributed by atoms with Gasteiger partial charge in [-0.15, -0.1) is 0 Å². The molecule has 0 spiro atoms. The maximum Gasteiger partial charge on any atom is 0.252 e. The first-order valence-electron chi connectivity index (χ1n) is 8.54. The summed E-state index contributed by atoms with van der Waals surface area (Å²) in [4.78, 5) is 14.8. The van der Waals surface area contributed by atoms with Crippen LogP contribution in [0.2, 0.25) is 0 Å². The largest absolute Gasteiger partial charge is 0.383 e. The maximum absolute atomic E-state index is 12.5. The minimum Gasteiger partial charge on any atom is -0.383 e. The zero-order chi connectivity index (χ0) is 19.3. The summed E-state index contributed by atoms with van der Waals surface area (Å²) in [6, 6.07) is 5.23. The van der Waals surface area contributed by atoms with Gasteiger partial charge < -0.3 is 10.1 Å². The summed E-state index contributed by atoms with van der Waals surface area (Å²) >= 11 is 3.32. The van der Waals surface area contributed by atoms with Gasteiger partial charge >= 0.3 is 0 Å². The lowest BCUT2D eigenvalue weighted by Crippen LogP contribution is -2.41. The first kappa shape index (κ1) is 21.3. The zero-order valence-electron chi connectivity index (χ0n) is 15.3. The molecule has 1 aliphatic rings. The third-order valence-electron chi connectivity index (χ3n) is 4.47. The second kappa shape index (κ2) is 9.27. The summed E-state index contributed by atoms with van der Waals surface area (Å²) in [7, 11) is -0.135. The highest BCUT2D eigenvalue weighted by atomic mass is 79.9. The van der Waals surface area contributed by atoms with Gasteiger partial charge in [0.1, 0.15) is 0 Å². The number of halogens is 1. The molecule has 1 aliphatic carbocycles. The smallest absolute Gasteiger partial charge is 0.252 e. The number of likely N-dealkylation sites (N-methyl/N-ethyl adjacent to an activating group) is 1. The summed E-state index contributed by atoms with van der Waals surface area (Å²) in [6.07, 6.45) is 2.41. The summed E-state index contributed by atoms with van der Waals surface area (Å²) < 4.78 is 32.5. The molecule has 0 radical (unpaired) electrons. The van der Waals surface area contributed by atoms with Crippen molar-refractivity contribution in [3.63, 3.8) is 0 Å². The molecule has 1 fully saturated rings. The van der Waals surface area contributed by atoms with E-state index in [9.17, 15) is 13.2 Å². The molecule has 0 aromatic heterocycles. The number of hydrogen-bond acceptors (Lipinski definition) is 5. The van der Waals surface area contributed by atoms with Crippen molar-refractivity contribution < 1.29 is 17.9 Å². The van der Waals surface area contributed by atoms with E-state index in [4.69, 9.17) is 4.74 Å². The van der Waals surface area contributed by atoms with Crippen LogP contribution in [0, 0.1) is 0 Å². The van der Waals surface area contributed by atoms with Crippen molar-refractivity contribution in [2.75, 3.05) is 33.9 Å². The van der Waals surface area contributed by atoms with Gasteiger partial charge in [-0.25, -0.2) is 13.1 Å². The van der Waals surface area contributed by atoms with Crippen LogP contribution < -0.4 is 10.0 Å². The number of nitrogens with zero attached hydrogens (tertiary/aromatic N) is 1. The second-order valence-corrected chi connectivity index (χ2v) is 9.11. The summed E-state index contributed by atoms with van der Waals surface area (Å²) in [5.74, 6) is -0.304. The topological polar surface area (TPSA) is 87.7 Å². The van der Waals surface area contributed by atoms with Crippen molar-refractivity contribution in [1.29, 1.82) is 0 Å². The van der Waals surface area contributed by atoms with E-state index in [-0.39, 0.29) is 30.0 Å². The van der Waals surface area contributed by atoms with E-state index in [1.54, 1.807) is 6.07 Å². The van der Waals surface area contributed by atoms with Crippen LogP contribution in [0.25, 0.3) is 0 Å². The van der Waals surface area contributed by atoms with E-state index in [0.29, 0.717) is 22.6 Å². The lowest BCUT2D eigenvalue weighted by molar-refractivity contribution is 0.0938. The first-order valence-corrected chi connectivity index (χ1v) is 10.8. The molecule has 0 heterocycles. The van der Waals surface area contributed by atoms with Gasteiger partial charge in [-0.2, -0.15) is 0 Å². The zero-order valence-corrected chi connectivity index (χ0v) is 17.7. The van der Waals surface area contributed by atoms with Crippen molar-refractivity contribution in [2.45, 2.75) is 36.7 Å². The fraction of sp³-hybridized carbons (Fsp3) is 0.588. The fourth-order valence-electron chi connectivity index (χ4n) is 2.53. The van der Waals surface area contributed by atoms with Crippen LogP contribution in [0.3, 0.4) is 0 Å². The predicted molar refractivity (Wildman–Crippen MR) is 104 cm³/mol. The van der Waals surface area contributed by atoms with Gasteiger partial charge in [-0.1, -0.05) is 0 Å². The van der Waals surface area contributed by atoms with Gasteiger partial charge in [0, 0.05) is 36.8 Å². The highest BCUT2D eigenvalue weighted by molar-refractivity contribution is 9.10. The van der Waals surface area contributed by atoms with E-state index in [1.165, 1.54) is 32.1 Å². The average Bonchev–Trinajstić information content (AvgIpc) is 3.44. The molecule has 9 heteroatoms. The predicted octanol–water partition coefficient (Wildman–Crippen LogP) is 1.59. The van der Waals surface area contributed by atoms with Crippen LogP contribution in [0.15, 0.2) is 27.6 Å². The van der Waals surface area contributed by atoms with Gasteiger partial charge in [-0.05, 0) is 60.9 Å². The Hall–Kier alpha value is -1.00. The van der Waals surface area contributed by atoms with Gasteiger partial charge in [0.05, 0.1) is 17.1 Å². The lowest BCUT2D eigenvalue weighted by Gasteiger charge is -2.24. The molecule has 7 nitrogen and oxygen atoms in total. The second-order valence-electron chi connectivity index (χ2n) is 6.49. The van der Waals surface area contributed by atoms with Crippen molar-refractivity contribution in [3.8, 4) is 0 Å². The Labute approximate surface area is 163 Å². The molecule has 1 atom stereocenters. The van der Waals surface area contributed by atoms with E-state index in [1.807, 2.05) is 0 Å². The third-order valence-corrected chi connectivity index (χ3v) is 6.62. The van der Waals surface area contributed by atoms with E-state index in [2.05, 4.69) is 44.8 Å². The number of carbonyl (C=O) groups is 1. The number of hydrogen-bond donors (Lipinski definition) is 2. The Morgan fingerprint density at radius 1 is 1.42 bits per heavy atom. The van der Waals surface area contributed by atoms with E-state index >= 15 is 0 Å². The molecule has 1 amide bonds. The SMILES string of the molecule is COCCNS(=O)(=O)c1ccc(Br)c(C(=O)NCC(C)N(C)C2CC2)c1. The molecule has 146 valence electrons. The molecule has 0 bridgehead atoms. The number of nitrogens with one attached hydrogen (secondary N) is 2. The standard InChI is InChI=1S/C17H26BrN3O4S/c1-12(21(2)13-4-5-13)11-19-17(22)15-10-14(6-7-16(15)18)26(23,24)20-8-9-25-3/h6-7,10,12-13,20H,4-5,8-9,11H2,1-3H3,(H,19,22). The molecule has 1 saturated carbocycles. The fourth-order valence-corrected chi connectivity index (χ4v) is 3.99. The highest BCUT2D eigenvalue weighted by Crippen LogP contribution is 2.27. The molecule has 0 saturated heterocycles. The number of benzene rings is 1. The minimum atomic E-state index is -3.69. The summed E-state index contributed by atoms with van der Waals surface area (Å²) in [6.45, 7) is 3.01. The minimum absolute atomic E-state index is 0.0464. The highest BCUT2D eigenvalue weighted by Gasteiger charge is 2.29. The van der Waals surface area contributed by atoms with Crippen LogP contribution >= 0.6 is 15.9 Å². The number of ether oxygens (including phenoxy) is 1. The number of amides is 1. The van der Waals surface area contributed by atoms with Gasteiger partial charge in [-0.3, -0.25) is 9.69 Å².